The summed E-state index contributed by atoms with van der Waals surface area (Å²) < 4.78 is 5.08. The average molecular weight is 279 g/mol. The molecule has 2 N–H and O–H groups in total. The second-order valence-corrected chi connectivity index (χ2v) is 6.96. The van der Waals surface area contributed by atoms with Gasteiger partial charge in [0.25, 0.3) is 5.91 Å². The van der Waals surface area contributed by atoms with Gasteiger partial charge in [0.1, 0.15) is 11.5 Å². The molecule has 0 saturated heterocycles. The predicted molar refractivity (Wildman–Crippen MR) is 80.3 cm³/mol. The first-order valence-electron chi connectivity index (χ1n) is 6.74. The Kier molecular flexibility index (Phi) is 4.69. The smallest absolute Gasteiger partial charge is 0.255 e. The fraction of sp³-hybridized carbons (Fsp3) is 0.562. The Balaban J connectivity index is 2.91. The van der Waals surface area contributed by atoms with Gasteiger partial charge in [-0.1, -0.05) is 20.8 Å². The highest BCUT2D eigenvalue weighted by molar-refractivity contribution is 5.97. The molecule has 1 amide bonds. The number of aromatic hydroxyl groups is 1. The fourth-order valence-electron chi connectivity index (χ4n) is 2.57. The molecule has 4 heteroatoms. The van der Waals surface area contributed by atoms with Crippen molar-refractivity contribution in [3.8, 4) is 11.5 Å². The summed E-state index contributed by atoms with van der Waals surface area (Å²) in [7, 11) is 1.53. The molecule has 1 rings (SSSR count). The summed E-state index contributed by atoms with van der Waals surface area (Å²) in [5.41, 5.74) is -0.0238. The molecule has 1 aromatic carbocycles. The third kappa shape index (κ3) is 4.76. The van der Waals surface area contributed by atoms with Crippen LogP contribution in [-0.4, -0.2) is 23.7 Å². The van der Waals surface area contributed by atoms with E-state index >= 15 is 0 Å². The number of carbonyl (C=O) groups is 1. The van der Waals surface area contributed by atoms with E-state index in [9.17, 15) is 9.90 Å². The van der Waals surface area contributed by atoms with Crippen molar-refractivity contribution in [2.24, 2.45) is 5.41 Å². The maximum absolute atomic E-state index is 12.3. The van der Waals surface area contributed by atoms with Crippen LogP contribution in [0.1, 0.15) is 51.4 Å². The Morgan fingerprint density at radius 3 is 2.35 bits per heavy atom. The quantitative estimate of drug-likeness (QED) is 0.888. The molecule has 0 aliphatic carbocycles. The van der Waals surface area contributed by atoms with Crippen molar-refractivity contribution >= 4 is 5.91 Å². The van der Waals surface area contributed by atoms with Gasteiger partial charge < -0.3 is 15.2 Å². The number of hydrogen-bond donors (Lipinski definition) is 2. The van der Waals surface area contributed by atoms with Gasteiger partial charge in [0, 0.05) is 5.54 Å². The predicted octanol–water partition coefficient (Wildman–Crippen LogP) is 3.35. The summed E-state index contributed by atoms with van der Waals surface area (Å²) >= 11 is 0. The Labute approximate surface area is 121 Å². The molecule has 0 aromatic heterocycles. The van der Waals surface area contributed by atoms with Crippen molar-refractivity contribution in [3.05, 3.63) is 23.8 Å². The summed E-state index contributed by atoms with van der Waals surface area (Å²) in [6.45, 7) is 10.3. The molecule has 0 heterocycles. The van der Waals surface area contributed by atoms with E-state index in [-0.39, 0.29) is 28.2 Å². The number of phenols is 1. The van der Waals surface area contributed by atoms with Crippen LogP contribution in [0.4, 0.5) is 0 Å². The molecule has 0 bridgehead atoms. The number of nitrogens with one attached hydrogen (secondary N) is 1. The molecule has 0 saturated carbocycles. The first-order valence-corrected chi connectivity index (χ1v) is 6.74. The van der Waals surface area contributed by atoms with Crippen LogP contribution in [0, 0.1) is 5.41 Å². The fourth-order valence-corrected chi connectivity index (χ4v) is 2.57. The number of amides is 1. The molecular weight excluding hydrogens is 254 g/mol. The Morgan fingerprint density at radius 2 is 1.85 bits per heavy atom. The highest BCUT2D eigenvalue weighted by atomic mass is 16.5. The van der Waals surface area contributed by atoms with E-state index in [0.29, 0.717) is 5.75 Å². The van der Waals surface area contributed by atoms with Crippen LogP contribution in [0.5, 0.6) is 11.5 Å². The van der Waals surface area contributed by atoms with E-state index in [2.05, 4.69) is 26.1 Å². The van der Waals surface area contributed by atoms with Crippen LogP contribution in [0.2, 0.25) is 0 Å². The van der Waals surface area contributed by atoms with Gasteiger partial charge in [0.2, 0.25) is 0 Å². The van der Waals surface area contributed by atoms with Gasteiger partial charge in [0.15, 0.2) is 0 Å². The maximum Gasteiger partial charge on any atom is 0.255 e. The SMILES string of the molecule is COc1ccc(O)c(C(=O)NC(C)(C)CC(C)(C)C)c1. The van der Waals surface area contributed by atoms with Crippen LogP contribution in [0.15, 0.2) is 18.2 Å². The van der Waals surface area contributed by atoms with E-state index < -0.39 is 0 Å². The van der Waals surface area contributed by atoms with E-state index in [1.54, 1.807) is 6.07 Å². The molecular formula is C16H25NO3. The van der Waals surface area contributed by atoms with Gasteiger partial charge in [-0.05, 0) is 43.9 Å². The average Bonchev–Trinajstić information content (AvgIpc) is 2.25. The van der Waals surface area contributed by atoms with Gasteiger partial charge in [-0.2, -0.15) is 0 Å². The molecule has 0 unspecified atom stereocenters. The Hall–Kier alpha value is -1.71. The Morgan fingerprint density at radius 1 is 1.25 bits per heavy atom. The van der Waals surface area contributed by atoms with Gasteiger partial charge in [0.05, 0.1) is 12.7 Å². The number of benzene rings is 1. The molecule has 1 aromatic rings. The number of methoxy groups -OCH3 is 1. The second-order valence-electron chi connectivity index (χ2n) is 6.96. The molecule has 0 aliphatic heterocycles. The number of phenolic OH excluding ortho intramolecular Hbond substituents is 1. The van der Waals surface area contributed by atoms with Crippen LogP contribution in [0.3, 0.4) is 0 Å². The second kappa shape index (κ2) is 5.73. The first kappa shape index (κ1) is 16.3. The van der Waals surface area contributed by atoms with Gasteiger partial charge >= 0.3 is 0 Å². The summed E-state index contributed by atoms with van der Waals surface area (Å²) in [5, 5.41) is 12.8. The van der Waals surface area contributed by atoms with Crippen LogP contribution in [0.25, 0.3) is 0 Å². The largest absolute Gasteiger partial charge is 0.507 e. The molecule has 0 radical (unpaired) electrons. The molecule has 0 spiro atoms. The summed E-state index contributed by atoms with van der Waals surface area (Å²) in [6.07, 6.45) is 0.830. The van der Waals surface area contributed by atoms with E-state index in [0.717, 1.165) is 6.42 Å². The highest BCUT2D eigenvalue weighted by Crippen LogP contribution is 2.28. The summed E-state index contributed by atoms with van der Waals surface area (Å²) in [4.78, 5) is 12.3. The van der Waals surface area contributed by atoms with Gasteiger partial charge in [-0.3, -0.25) is 4.79 Å². The Bertz CT molecular complexity index is 487. The van der Waals surface area contributed by atoms with Gasteiger partial charge in [-0.15, -0.1) is 0 Å². The number of hydrogen-bond acceptors (Lipinski definition) is 3. The summed E-state index contributed by atoms with van der Waals surface area (Å²) in [6, 6.07) is 4.62. The monoisotopic (exact) mass is 279 g/mol. The van der Waals surface area contributed by atoms with Crippen molar-refractivity contribution in [3.63, 3.8) is 0 Å². The van der Waals surface area contributed by atoms with E-state index in [1.807, 2.05) is 13.8 Å². The lowest BCUT2D eigenvalue weighted by Crippen LogP contribution is -2.45. The number of carbonyl (C=O) groups excluding carboxylic acids is 1. The van der Waals surface area contributed by atoms with Crippen LogP contribution >= 0.6 is 0 Å². The standard InChI is InChI=1S/C16H25NO3/c1-15(2,3)10-16(4,5)17-14(19)12-9-11(20-6)7-8-13(12)18/h7-9,18H,10H2,1-6H3,(H,17,19). The van der Waals surface area contributed by atoms with Crippen LogP contribution in [-0.2, 0) is 0 Å². The lowest BCUT2D eigenvalue weighted by molar-refractivity contribution is 0.0888. The van der Waals surface area contributed by atoms with Crippen LogP contribution < -0.4 is 10.1 Å². The third-order valence-corrected chi connectivity index (χ3v) is 2.87. The highest BCUT2D eigenvalue weighted by Gasteiger charge is 2.28. The minimum atomic E-state index is -0.356. The molecule has 0 fully saturated rings. The van der Waals surface area contributed by atoms with Crippen molar-refractivity contribution in [2.45, 2.75) is 46.6 Å². The minimum absolute atomic E-state index is 0.0464. The molecule has 4 nitrogen and oxygen atoms in total. The van der Waals surface area contributed by atoms with Crippen molar-refractivity contribution in [2.75, 3.05) is 7.11 Å². The van der Waals surface area contributed by atoms with Crippen molar-refractivity contribution < 1.29 is 14.6 Å². The molecule has 0 atom stereocenters. The van der Waals surface area contributed by atoms with Gasteiger partial charge in [-0.25, -0.2) is 0 Å². The molecule has 20 heavy (non-hydrogen) atoms. The molecule has 112 valence electrons. The lowest BCUT2D eigenvalue weighted by Gasteiger charge is -2.33. The lowest BCUT2D eigenvalue weighted by atomic mass is 9.81. The minimum Gasteiger partial charge on any atom is -0.507 e. The maximum atomic E-state index is 12.3. The summed E-state index contributed by atoms with van der Waals surface area (Å²) in [5.74, 6) is 0.201. The van der Waals surface area contributed by atoms with E-state index in [4.69, 9.17) is 4.74 Å². The van der Waals surface area contributed by atoms with Crippen molar-refractivity contribution in [1.82, 2.24) is 5.32 Å². The third-order valence-electron chi connectivity index (χ3n) is 2.87. The molecule has 0 aliphatic rings. The number of ether oxygens (including phenoxy) is 1. The van der Waals surface area contributed by atoms with E-state index in [1.165, 1.54) is 19.2 Å². The van der Waals surface area contributed by atoms with Crippen molar-refractivity contribution in [1.29, 1.82) is 0 Å². The topological polar surface area (TPSA) is 58.6 Å². The zero-order valence-electron chi connectivity index (χ0n) is 13.2. The normalized spacial score (nSPS) is 12.1. The first-order chi connectivity index (χ1) is 9.04. The zero-order valence-corrected chi connectivity index (χ0v) is 13.2. The number of rotatable bonds is 4. The zero-order chi connectivity index (χ0) is 15.6.